The molecule has 0 bridgehead atoms. The van der Waals surface area contributed by atoms with E-state index < -0.39 is 5.97 Å². The molecule has 1 aliphatic rings. The number of anilines is 3. The van der Waals surface area contributed by atoms with Gasteiger partial charge >= 0.3 is 5.97 Å². The summed E-state index contributed by atoms with van der Waals surface area (Å²) < 4.78 is 4.84. The number of rotatable bonds is 5. The van der Waals surface area contributed by atoms with Crippen molar-refractivity contribution < 1.29 is 9.53 Å². The Morgan fingerprint density at radius 1 is 1.10 bits per heavy atom. The molecule has 0 spiro atoms. The third kappa shape index (κ3) is 4.41. The van der Waals surface area contributed by atoms with E-state index in [1.807, 2.05) is 25.1 Å². The van der Waals surface area contributed by atoms with Crippen LogP contribution in [0.1, 0.15) is 16.1 Å². The molecule has 1 aliphatic heterocycles. The molecule has 9 heteroatoms. The lowest BCUT2D eigenvalue weighted by Crippen LogP contribution is -2.44. The smallest absolute Gasteiger partial charge is 0.337 e. The monoisotopic (exact) mass is 407 g/mol. The number of H-pyrrole nitrogens is 1. The summed E-state index contributed by atoms with van der Waals surface area (Å²) in [7, 11) is 3.49. The van der Waals surface area contributed by atoms with Gasteiger partial charge in [0, 0.05) is 49.6 Å². The molecular weight excluding hydrogens is 382 g/mol. The molecule has 0 amide bonds. The largest absolute Gasteiger partial charge is 0.465 e. The molecule has 1 fully saturated rings. The highest BCUT2D eigenvalue weighted by Crippen LogP contribution is 2.26. The molecule has 0 radical (unpaired) electrons. The standard InChI is InChI=1S/C21H25N7O2/c1-14-11-18(26-25-14)22-17-13-19(28-9-7-27(2)8-10-28)24-20(23-17)15-5-4-6-16(12-15)21(29)30-3/h4-6,11-13H,7-10H2,1-3H3,(H2,22,23,24,25,26). The van der Waals surface area contributed by atoms with Crippen molar-refractivity contribution in [2.75, 3.05) is 50.6 Å². The predicted octanol–water partition coefficient (Wildman–Crippen LogP) is 2.46. The molecule has 0 aliphatic carbocycles. The molecule has 3 heterocycles. The molecular formula is C21H25N7O2. The first-order valence-corrected chi connectivity index (χ1v) is 9.82. The molecule has 0 unspecified atom stereocenters. The van der Waals surface area contributed by atoms with Gasteiger partial charge in [-0.2, -0.15) is 5.10 Å². The third-order valence-corrected chi connectivity index (χ3v) is 5.04. The van der Waals surface area contributed by atoms with Crippen LogP contribution >= 0.6 is 0 Å². The zero-order chi connectivity index (χ0) is 21.1. The third-order valence-electron chi connectivity index (χ3n) is 5.04. The van der Waals surface area contributed by atoms with Crippen molar-refractivity contribution in [3.8, 4) is 11.4 Å². The number of carbonyl (C=O) groups excluding carboxylic acids is 1. The highest BCUT2D eigenvalue weighted by atomic mass is 16.5. The van der Waals surface area contributed by atoms with Crippen LogP contribution in [0.5, 0.6) is 0 Å². The van der Waals surface area contributed by atoms with E-state index in [1.165, 1.54) is 7.11 Å². The molecule has 2 aromatic heterocycles. The first-order valence-electron chi connectivity index (χ1n) is 9.82. The van der Waals surface area contributed by atoms with Gasteiger partial charge in [-0.1, -0.05) is 12.1 Å². The summed E-state index contributed by atoms with van der Waals surface area (Å²) in [5.41, 5.74) is 2.16. The fraction of sp³-hybridized carbons (Fsp3) is 0.333. The Kier molecular flexibility index (Phi) is 5.62. The summed E-state index contributed by atoms with van der Waals surface area (Å²) in [4.78, 5) is 26.0. The fourth-order valence-corrected chi connectivity index (χ4v) is 3.34. The number of likely N-dealkylation sites (N-methyl/N-ethyl adjacent to an activating group) is 1. The van der Waals surface area contributed by atoms with Gasteiger partial charge in [0.2, 0.25) is 0 Å². The first kappa shape index (κ1) is 19.8. The van der Waals surface area contributed by atoms with E-state index in [9.17, 15) is 4.79 Å². The zero-order valence-corrected chi connectivity index (χ0v) is 17.3. The lowest BCUT2D eigenvalue weighted by atomic mass is 10.1. The molecule has 0 saturated carbocycles. The van der Waals surface area contributed by atoms with Gasteiger partial charge in [0.1, 0.15) is 11.6 Å². The predicted molar refractivity (Wildman–Crippen MR) is 115 cm³/mol. The van der Waals surface area contributed by atoms with Crippen LogP contribution in [0.15, 0.2) is 36.4 Å². The molecule has 3 aromatic rings. The summed E-state index contributed by atoms with van der Waals surface area (Å²) in [5.74, 6) is 2.31. The van der Waals surface area contributed by atoms with Crippen LogP contribution in [0.4, 0.5) is 17.5 Å². The number of nitrogens with zero attached hydrogens (tertiary/aromatic N) is 5. The number of nitrogens with one attached hydrogen (secondary N) is 2. The molecule has 4 rings (SSSR count). The summed E-state index contributed by atoms with van der Waals surface area (Å²) in [6.45, 7) is 5.65. The lowest BCUT2D eigenvalue weighted by molar-refractivity contribution is 0.0601. The summed E-state index contributed by atoms with van der Waals surface area (Å²) >= 11 is 0. The summed E-state index contributed by atoms with van der Waals surface area (Å²) in [5, 5.41) is 10.4. The number of aromatic nitrogens is 4. The van der Waals surface area contributed by atoms with Crippen LogP contribution in [0.25, 0.3) is 11.4 Å². The molecule has 1 aromatic carbocycles. The van der Waals surface area contributed by atoms with E-state index in [4.69, 9.17) is 9.72 Å². The Labute approximate surface area is 175 Å². The van der Waals surface area contributed by atoms with Gasteiger partial charge in [0.05, 0.1) is 12.7 Å². The van der Waals surface area contributed by atoms with Crippen LogP contribution in [-0.2, 0) is 4.74 Å². The number of methoxy groups -OCH3 is 1. The molecule has 30 heavy (non-hydrogen) atoms. The maximum absolute atomic E-state index is 12.0. The van der Waals surface area contributed by atoms with E-state index >= 15 is 0 Å². The molecule has 9 nitrogen and oxygen atoms in total. The fourth-order valence-electron chi connectivity index (χ4n) is 3.34. The first-order chi connectivity index (χ1) is 14.5. The van der Waals surface area contributed by atoms with Gasteiger partial charge in [-0.3, -0.25) is 5.10 Å². The molecule has 0 atom stereocenters. The van der Waals surface area contributed by atoms with Crippen LogP contribution < -0.4 is 10.2 Å². The Hall–Kier alpha value is -3.46. The van der Waals surface area contributed by atoms with Gasteiger partial charge in [-0.25, -0.2) is 14.8 Å². The summed E-state index contributed by atoms with van der Waals surface area (Å²) in [6.07, 6.45) is 0. The number of ether oxygens (including phenoxy) is 1. The molecule has 156 valence electrons. The quantitative estimate of drug-likeness (QED) is 0.623. The van der Waals surface area contributed by atoms with E-state index in [-0.39, 0.29) is 0 Å². The number of carbonyl (C=O) groups is 1. The van der Waals surface area contributed by atoms with Gasteiger partial charge in [-0.15, -0.1) is 0 Å². The highest BCUT2D eigenvalue weighted by Gasteiger charge is 2.18. The van der Waals surface area contributed by atoms with Gasteiger partial charge in [0.25, 0.3) is 0 Å². The maximum atomic E-state index is 12.0. The van der Waals surface area contributed by atoms with Crippen molar-refractivity contribution in [3.63, 3.8) is 0 Å². The average molecular weight is 407 g/mol. The maximum Gasteiger partial charge on any atom is 0.337 e. The van der Waals surface area contributed by atoms with Crippen molar-refractivity contribution in [1.29, 1.82) is 0 Å². The minimum atomic E-state index is -0.391. The number of esters is 1. The van der Waals surface area contributed by atoms with Gasteiger partial charge in [0.15, 0.2) is 11.6 Å². The number of benzene rings is 1. The van der Waals surface area contributed by atoms with Crippen LogP contribution in [0.2, 0.25) is 0 Å². The van der Waals surface area contributed by atoms with E-state index in [0.717, 1.165) is 43.3 Å². The van der Waals surface area contributed by atoms with Crippen LogP contribution in [-0.4, -0.2) is 71.4 Å². The summed E-state index contributed by atoms with van der Waals surface area (Å²) in [6, 6.07) is 11.0. The Morgan fingerprint density at radius 2 is 1.90 bits per heavy atom. The normalized spacial score (nSPS) is 14.6. The van der Waals surface area contributed by atoms with E-state index in [2.05, 4.69) is 37.3 Å². The SMILES string of the molecule is COC(=O)c1cccc(-c2nc(Nc3cc(C)[nH]n3)cc(N3CCN(C)CC3)n2)c1. The molecule has 2 N–H and O–H groups in total. The van der Waals surface area contributed by atoms with Crippen molar-refractivity contribution in [2.24, 2.45) is 0 Å². The number of aromatic amines is 1. The highest BCUT2D eigenvalue weighted by molar-refractivity contribution is 5.90. The second-order valence-electron chi connectivity index (χ2n) is 7.36. The van der Waals surface area contributed by atoms with Crippen molar-refractivity contribution in [1.82, 2.24) is 25.1 Å². The minimum Gasteiger partial charge on any atom is -0.465 e. The van der Waals surface area contributed by atoms with E-state index in [0.29, 0.717) is 23.0 Å². The van der Waals surface area contributed by atoms with Gasteiger partial charge < -0.3 is 19.9 Å². The Bertz CT molecular complexity index is 1040. The average Bonchev–Trinajstić information content (AvgIpc) is 3.18. The number of hydrogen-bond acceptors (Lipinski definition) is 8. The lowest BCUT2D eigenvalue weighted by Gasteiger charge is -2.33. The van der Waals surface area contributed by atoms with Crippen molar-refractivity contribution in [2.45, 2.75) is 6.92 Å². The zero-order valence-electron chi connectivity index (χ0n) is 17.3. The number of aryl methyl sites for hydroxylation is 1. The topological polar surface area (TPSA) is 99.3 Å². The second kappa shape index (κ2) is 8.50. The Morgan fingerprint density at radius 3 is 2.60 bits per heavy atom. The Balaban J connectivity index is 1.72. The van der Waals surface area contributed by atoms with Crippen molar-refractivity contribution in [3.05, 3.63) is 47.7 Å². The van der Waals surface area contributed by atoms with Crippen LogP contribution in [0.3, 0.4) is 0 Å². The number of hydrogen-bond donors (Lipinski definition) is 2. The second-order valence-corrected chi connectivity index (χ2v) is 7.36. The van der Waals surface area contributed by atoms with E-state index in [1.54, 1.807) is 18.2 Å². The number of piperazine rings is 1. The van der Waals surface area contributed by atoms with Gasteiger partial charge in [-0.05, 0) is 26.1 Å². The van der Waals surface area contributed by atoms with Crippen molar-refractivity contribution >= 4 is 23.4 Å². The minimum absolute atomic E-state index is 0.391. The molecule has 1 saturated heterocycles. The van der Waals surface area contributed by atoms with Crippen LogP contribution in [0, 0.1) is 6.92 Å².